The quantitative estimate of drug-likeness (QED) is 0.649. The molecule has 0 spiro atoms. The van der Waals surface area contributed by atoms with Crippen LogP contribution in [0.2, 0.25) is 0 Å². The second-order valence-corrected chi connectivity index (χ2v) is 3.34. The lowest BCUT2D eigenvalue weighted by Gasteiger charge is -1.95. The minimum Gasteiger partial charge on any atom is -0.493 e. The molecule has 3 heteroatoms. The van der Waals surface area contributed by atoms with E-state index in [9.17, 15) is 5.11 Å². The van der Waals surface area contributed by atoms with Crippen molar-refractivity contribution in [3.05, 3.63) is 23.2 Å². The molecule has 0 aliphatic rings. The average Bonchev–Trinajstić information content (AvgIpc) is 2.45. The van der Waals surface area contributed by atoms with Gasteiger partial charge < -0.3 is 5.11 Å². The summed E-state index contributed by atoms with van der Waals surface area (Å²) in [5, 5.41) is 12.1. The second kappa shape index (κ2) is 2.20. The summed E-state index contributed by atoms with van der Waals surface area (Å²) in [5.74, 6) is 0.131. The largest absolute Gasteiger partial charge is 0.493 e. The number of fused-ring (bicyclic) bond motifs is 1. The Morgan fingerprint density at radius 2 is 2.36 bits per heavy atom. The molecule has 0 aromatic carbocycles. The molecule has 0 bridgehead atoms. The summed E-state index contributed by atoms with van der Waals surface area (Å²) in [6, 6.07) is 1.88. The van der Waals surface area contributed by atoms with Crippen molar-refractivity contribution in [3.63, 3.8) is 0 Å². The Bertz CT molecular complexity index is 358. The van der Waals surface area contributed by atoms with Gasteiger partial charge in [-0.3, -0.25) is 0 Å². The number of pyridine rings is 1. The fourth-order valence-corrected chi connectivity index (χ4v) is 1.94. The van der Waals surface area contributed by atoms with Crippen LogP contribution in [0.5, 0.6) is 5.88 Å². The molecule has 1 N–H and O–H groups in total. The van der Waals surface area contributed by atoms with E-state index in [0.29, 0.717) is 0 Å². The monoisotopic (exact) mass is 165 g/mol. The first-order valence-electron chi connectivity index (χ1n) is 3.31. The van der Waals surface area contributed by atoms with Gasteiger partial charge in [0.25, 0.3) is 0 Å². The first-order chi connectivity index (χ1) is 5.29. The highest BCUT2D eigenvalue weighted by molar-refractivity contribution is 7.17. The number of aromatic hydroxyl groups is 1. The lowest BCUT2D eigenvalue weighted by Crippen LogP contribution is -1.77. The Balaban J connectivity index is 2.96. The molecular weight excluding hydrogens is 158 g/mol. The summed E-state index contributed by atoms with van der Waals surface area (Å²) >= 11 is 1.63. The highest BCUT2D eigenvalue weighted by Crippen LogP contribution is 2.29. The fraction of sp³-hybridized carbons (Fsp3) is 0.125. The SMILES string of the molecule is Cc1cnc(O)c2ccsc12. The normalized spacial score (nSPS) is 10.6. The van der Waals surface area contributed by atoms with E-state index in [1.54, 1.807) is 17.5 Å². The lowest BCUT2D eigenvalue weighted by atomic mass is 10.2. The van der Waals surface area contributed by atoms with Crippen molar-refractivity contribution in [2.75, 3.05) is 0 Å². The van der Waals surface area contributed by atoms with Crippen LogP contribution in [0.4, 0.5) is 0 Å². The predicted octanol–water partition coefficient (Wildman–Crippen LogP) is 2.31. The van der Waals surface area contributed by atoms with Crippen molar-refractivity contribution in [1.82, 2.24) is 4.98 Å². The molecule has 2 aromatic rings. The molecule has 0 saturated heterocycles. The van der Waals surface area contributed by atoms with Crippen LogP contribution in [0, 0.1) is 6.92 Å². The molecule has 0 saturated carbocycles. The van der Waals surface area contributed by atoms with Crippen LogP contribution < -0.4 is 0 Å². The number of nitrogens with zero attached hydrogens (tertiary/aromatic N) is 1. The molecule has 2 rings (SSSR count). The molecule has 0 aliphatic carbocycles. The summed E-state index contributed by atoms with van der Waals surface area (Å²) in [7, 11) is 0. The summed E-state index contributed by atoms with van der Waals surface area (Å²) in [5.41, 5.74) is 1.12. The third-order valence-corrected chi connectivity index (χ3v) is 2.69. The van der Waals surface area contributed by atoms with Gasteiger partial charge in [0, 0.05) is 10.9 Å². The average molecular weight is 165 g/mol. The Hall–Kier alpha value is -1.09. The van der Waals surface area contributed by atoms with Crippen LogP contribution in [0.3, 0.4) is 0 Å². The van der Waals surface area contributed by atoms with E-state index < -0.39 is 0 Å². The van der Waals surface area contributed by atoms with Crippen LogP contribution in [-0.4, -0.2) is 10.1 Å². The molecule has 2 aromatic heterocycles. The number of thiophene rings is 1. The van der Waals surface area contributed by atoms with Gasteiger partial charge in [0.15, 0.2) is 0 Å². The first-order valence-corrected chi connectivity index (χ1v) is 4.19. The van der Waals surface area contributed by atoms with Crippen LogP contribution >= 0.6 is 11.3 Å². The van der Waals surface area contributed by atoms with Gasteiger partial charge in [0.1, 0.15) is 0 Å². The Morgan fingerprint density at radius 3 is 3.09 bits per heavy atom. The molecule has 0 fully saturated rings. The van der Waals surface area contributed by atoms with Crippen molar-refractivity contribution < 1.29 is 5.11 Å². The molecule has 2 heterocycles. The van der Waals surface area contributed by atoms with E-state index in [4.69, 9.17) is 0 Å². The van der Waals surface area contributed by atoms with E-state index >= 15 is 0 Å². The summed E-state index contributed by atoms with van der Waals surface area (Å²) < 4.78 is 1.12. The van der Waals surface area contributed by atoms with E-state index in [1.807, 2.05) is 18.4 Å². The maximum Gasteiger partial charge on any atom is 0.219 e. The van der Waals surface area contributed by atoms with E-state index in [1.165, 1.54) is 0 Å². The van der Waals surface area contributed by atoms with E-state index in [-0.39, 0.29) is 5.88 Å². The molecular formula is C8H7NOS. The second-order valence-electron chi connectivity index (χ2n) is 2.43. The van der Waals surface area contributed by atoms with Crippen LogP contribution in [-0.2, 0) is 0 Å². The molecule has 56 valence electrons. The van der Waals surface area contributed by atoms with E-state index in [0.717, 1.165) is 15.6 Å². The Kier molecular flexibility index (Phi) is 1.32. The van der Waals surface area contributed by atoms with E-state index in [2.05, 4.69) is 4.98 Å². The van der Waals surface area contributed by atoms with Gasteiger partial charge >= 0.3 is 0 Å². The molecule has 11 heavy (non-hydrogen) atoms. The minimum atomic E-state index is 0.131. The van der Waals surface area contributed by atoms with Crippen molar-refractivity contribution in [1.29, 1.82) is 0 Å². The Labute approximate surface area is 68.1 Å². The third-order valence-electron chi connectivity index (χ3n) is 1.64. The molecule has 0 unspecified atom stereocenters. The highest BCUT2D eigenvalue weighted by Gasteiger charge is 2.03. The number of aryl methyl sites for hydroxylation is 1. The maximum atomic E-state index is 9.28. The lowest BCUT2D eigenvalue weighted by molar-refractivity contribution is 0.460. The van der Waals surface area contributed by atoms with Crippen LogP contribution in [0.15, 0.2) is 17.6 Å². The van der Waals surface area contributed by atoms with Gasteiger partial charge in [0.2, 0.25) is 5.88 Å². The van der Waals surface area contributed by atoms with Gasteiger partial charge in [-0.15, -0.1) is 11.3 Å². The molecule has 0 amide bonds. The van der Waals surface area contributed by atoms with Crippen molar-refractivity contribution in [2.24, 2.45) is 0 Å². The number of rotatable bonds is 0. The summed E-state index contributed by atoms with van der Waals surface area (Å²) in [4.78, 5) is 3.84. The zero-order valence-electron chi connectivity index (χ0n) is 6.03. The van der Waals surface area contributed by atoms with Gasteiger partial charge in [-0.1, -0.05) is 0 Å². The van der Waals surface area contributed by atoms with Gasteiger partial charge in [0.05, 0.1) is 5.39 Å². The van der Waals surface area contributed by atoms with Crippen molar-refractivity contribution in [3.8, 4) is 5.88 Å². The molecule has 0 atom stereocenters. The number of aromatic nitrogens is 1. The van der Waals surface area contributed by atoms with Crippen LogP contribution in [0.25, 0.3) is 10.1 Å². The topological polar surface area (TPSA) is 33.1 Å². The van der Waals surface area contributed by atoms with Crippen molar-refractivity contribution >= 4 is 21.4 Å². The van der Waals surface area contributed by atoms with Gasteiger partial charge in [-0.05, 0) is 23.9 Å². The van der Waals surface area contributed by atoms with Crippen molar-refractivity contribution in [2.45, 2.75) is 6.92 Å². The van der Waals surface area contributed by atoms with Crippen LogP contribution in [0.1, 0.15) is 5.56 Å². The molecule has 0 radical (unpaired) electrons. The first kappa shape index (κ1) is 6.61. The zero-order valence-corrected chi connectivity index (χ0v) is 6.85. The Morgan fingerprint density at radius 1 is 1.55 bits per heavy atom. The number of hydrogen-bond donors (Lipinski definition) is 1. The number of hydrogen-bond acceptors (Lipinski definition) is 3. The molecule has 2 nitrogen and oxygen atoms in total. The predicted molar refractivity (Wildman–Crippen MR) is 46.0 cm³/mol. The summed E-state index contributed by atoms with van der Waals surface area (Å²) in [6.45, 7) is 1.99. The maximum absolute atomic E-state index is 9.28. The highest BCUT2D eigenvalue weighted by atomic mass is 32.1. The smallest absolute Gasteiger partial charge is 0.219 e. The summed E-state index contributed by atoms with van der Waals surface area (Å²) in [6.07, 6.45) is 1.69. The zero-order chi connectivity index (χ0) is 7.84. The van der Waals surface area contributed by atoms with Gasteiger partial charge in [-0.2, -0.15) is 0 Å². The van der Waals surface area contributed by atoms with Gasteiger partial charge in [-0.25, -0.2) is 4.98 Å². The standard InChI is InChI=1S/C8H7NOS/c1-5-4-9-8(10)6-2-3-11-7(5)6/h2-4H,1H3,(H,9,10). The molecule has 0 aliphatic heterocycles. The third kappa shape index (κ3) is 0.886. The fourth-order valence-electron chi connectivity index (χ4n) is 1.08. The minimum absolute atomic E-state index is 0.131.